The van der Waals surface area contributed by atoms with Crippen molar-refractivity contribution in [2.45, 2.75) is 19.4 Å². The van der Waals surface area contributed by atoms with Gasteiger partial charge in [-0.15, -0.1) is 11.7 Å². The molecule has 0 radical (unpaired) electrons. The summed E-state index contributed by atoms with van der Waals surface area (Å²) in [5.74, 6) is 1.56. The van der Waals surface area contributed by atoms with E-state index in [1.807, 2.05) is 67.6 Å². The second-order valence-electron chi connectivity index (χ2n) is 7.66. The molecule has 0 unspecified atom stereocenters. The number of aryl methyl sites for hydroxylation is 1. The van der Waals surface area contributed by atoms with Gasteiger partial charge in [0.25, 0.3) is 0 Å². The summed E-state index contributed by atoms with van der Waals surface area (Å²) < 4.78 is 18.6. The lowest BCUT2D eigenvalue weighted by atomic mass is 10.1. The molecule has 33 heavy (non-hydrogen) atoms. The Morgan fingerprint density at radius 3 is 2.58 bits per heavy atom. The summed E-state index contributed by atoms with van der Waals surface area (Å²) in [5.41, 5.74) is 4.59. The van der Waals surface area contributed by atoms with Crippen molar-refractivity contribution in [2.75, 3.05) is 20.3 Å². The fourth-order valence-corrected chi connectivity index (χ4v) is 3.47. The van der Waals surface area contributed by atoms with Gasteiger partial charge < -0.3 is 19.3 Å². The van der Waals surface area contributed by atoms with Crippen LogP contribution in [0.5, 0.6) is 17.4 Å². The maximum atomic E-state index is 10.3. The Hall–Kier alpha value is -3.84. The molecule has 0 spiro atoms. The van der Waals surface area contributed by atoms with E-state index in [4.69, 9.17) is 14.2 Å². The Kier molecular flexibility index (Phi) is 6.90. The minimum absolute atomic E-state index is 0.0331. The van der Waals surface area contributed by atoms with Crippen LogP contribution in [0.25, 0.3) is 16.9 Å². The predicted octanol–water partition coefficient (Wildman–Crippen LogP) is 4.26. The molecule has 0 aliphatic heterocycles. The Balaban J connectivity index is 1.38. The fraction of sp³-hybridized carbons (Fsp3) is 0.231. The first kappa shape index (κ1) is 22.4. The van der Waals surface area contributed by atoms with Crippen LogP contribution in [0, 0.1) is 6.92 Å². The Labute approximate surface area is 192 Å². The monoisotopic (exact) mass is 445 g/mol. The minimum Gasteiger partial charge on any atom is -0.493 e. The van der Waals surface area contributed by atoms with Crippen molar-refractivity contribution < 1.29 is 19.3 Å². The van der Waals surface area contributed by atoms with E-state index in [2.05, 4.69) is 16.7 Å². The van der Waals surface area contributed by atoms with Gasteiger partial charge in [0.1, 0.15) is 19.3 Å². The molecule has 0 amide bonds. The maximum absolute atomic E-state index is 10.3. The number of allylic oxidation sites excluding steroid dienone is 1. The highest BCUT2D eigenvalue weighted by atomic mass is 16.5. The number of aliphatic hydroxyl groups is 1. The average Bonchev–Trinajstić information content (AvgIpc) is 3.26. The normalized spacial score (nSPS) is 11.8. The van der Waals surface area contributed by atoms with Crippen molar-refractivity contribution in [3.8, 4) is 28.6 Å². The van der Waals surface area contributed by atoms with Crippen molar-refractivity contribution >= 4 is 5.65 Å². The standard InChI is InChI=1S/C26H27N3O4/c1-4-8-19-11-12-23(24(14-19)31-3)32-16-21(30)17-33-26-15-25-27-22(13-18(2)29(25)28-26)20-9-6-5-7-10-20/h4-7,9-15,21,30H,1,8,16-17H2,2-3H3/t21-/m1/s1. The number of nitrogens with zero attached hydrogens (tertiary/aromatic N) is 3. The lowest BCUT2D eigenvalue weighted by Gasteiger charge is -2.15. The highest BCUT2D eigenvalue weighted by Crippen LogP contribution is 2.28. The first-order valence-electron chi connectivity index (χ1n) is 10.7. The zero-order valence-corrected chi connectivity index (χ0v) is 18.8. The van der Waals surface area contributed by atoms with Gasteiger partial charge in [-0.3, -0.25) is 0 Å². The first-order chi connectivity index (χ1) is 16.1. The quantitative estimate of drug-likeness (QED) is 0.368. The summed E-state index contributed by atoms with van der Waals surface area (Å²) in [6.07, 6.45) is 1.73. The van der Waals surface area contributed by atoms with Gasteiger partial charge in [0, 0.05) is 17.3 Å². The van der Waals surface area contributed by atoms with E-state index in [1.54, 1.807) is 17.7 Å². The summed E-state index contributed by atoms with van der Waals surface area (Å²) in [6, 6.07) is 19.4. The number of fused-ring (bicyclic) bond motifs is 1. The Morgan fingerprint density at radius 1 is 1.03 bits per heavy atom. The van der Waals surface area contributed by atoms with Crippen molar-refractivity contribution in [3.63, 3.8) is 0 Å². The molecule has 7 heteroatoms. The number of ether oxygens (including phenoxy) is 3. The van der Waals surface area contributed by atoms with Gasteiger partial charge in [0.15, 0.2) is 17.1 Å². The number of benzene rings is 2. The second-order valence-corrected chi connectivity index (χ2v) is 7.66. The molecule has 1 atom stereocenters. The zero-order chi connectivity index (χ0) is 23.2. The largest absolute Gasteiger partial charge is 0.493 e. The molecule has 0 bridgehead atoms. The van der Waals surface area contributed by atoms with Crippen LogP contribution in [0.4, 0.5) is 0 Å². The molecular formula is C26H27N3O4. The van der Waals surface area contributed by atoms with E-state index in [-0.39, 0.29) is 13.2 Å². The Bertz CT molecular complexity index is 1240. The molecule has 2 heterocycles. The van der Waals surface area contributed by atoms with Crippen molar-refractivity contribution in [2.24, 2.45) is 0 Å². The molecule has 1 N–H and O–H groups in total. The van der Waals surface area contributed by atoms with Crippen molar-refractivity contribution in [1.82, 2.24) is 14.6 Å². The Morgan fingerprint density at radius 2 is 1.82 bits per heavy atom. The molecule has 0 saturated heterocycles. The molecule has 7 nitrogen and oxygen atoms in total. The minimum atomic E-state index is -0.846. The van der Waals surface area contributed by atoms with E-state index in [0.717, 1.165) is 28.9 Å². The average molecular weight is 446 g/mol. The zero-order valence-electron chi connectivity index (χ0n) is 18.8. The lowest BCUT2D eigenvalue weighted by molar-refractivity contribution is 0.0599. The summed E-state index contributed by atoms with van der Waals surface area (Å²) in [4.78, 5) is 4.68. The summed E-state index contributed by atoms with van der Waals surface area (Å²) >= 11 is 0. The van der Waals surface area contributed by atoms with Gasteiger partial charge in [-0.05, 0) is 37.1 Å². The highest BCUT2D eigenvalue weighted by Gasteiger charge is 2.13. The van der Waals surface area contributed by atoms with E-state index >= 15 is 0 Å². The van der Waals surface area contributed by atoms with Crippen molar-refractivity contribution in [3.05, 3.63) is 84.6 Å². The van der Waals surface area contributed by atoms with E-state index < -0.39 is 6.10 Å². The molecule has 4 rings (SSSR count). The van der Waals surface area contributed by atoms with Gasteiger partial charge in [0.05, 0.1) is 12.8 Å². The highest BCUT2D eigenvalue weighted by molar-refractivity contribution is 5.62. The summed E-state index contributed by atoms with van der Waals surface area (Å²) in [6.45, 7) is 5.80. The van der Waals surface area contributed by atoms with Crippen LogP contribution in [0.1, 0.15) is 11.3 Å². The van der Waals surface area contributed by atoms with Gasteiger partial charge >= 0.3 is 0 Å². The topological polar surface area (TPSA) is 78.1 Å². The molecule has 2 aromatic carbocycles. The van der Waals surface area contributed by atoms with Crippen LogP contribution < -0.4 is 14.2 Å². The van der Waals surface area contributed by atoms with Gasteiger partial charge in [-0.2, -0.15) is 0 Å². The van der Waals surface area contributed by atoms with Crippen LogP contribution in [-0.4, -0.2) is 46.1 Å². The third kappa shape index (κ3) is 5.32. The molecule has 4 aromatic rings. The second kappa shape index (κ2) is 10.2. The van der Waals surface area contributed by atoms with E-state index in [9.17, 15) is 5.11 Å². The van der Waals surface area contributed by atoms with Crippen LogP contribution in [0.2, 0.25) is 0 Å². The predicted molar refractivity (Wildman–Crippen MR) is 127 cm³/mol. The number of aliphatic hydroxyl groups excluding tert-OH is 1. The molecule has 0 saturated carbocycles. The summed E-state index contributed by atoms with van der Waals surface area (Å²) in [5, 5.41) is 14.8. The molecular weight excluding hydrogens is 418 g/mol. The third-order valence-corrected chi connectivity index (χ3v) is 5.12. The summed E-state index contributed by atoms with van der Waals surface area (Å²) in [7, 11) is 1.59. The fourth-order valence-electron chi connectivity index (χ4n) is 3.47. The first-order valence-corrected chi connectivity index (χ1v) is 10.7. The number of hydrogen-bond acceptors (Lipinski definition) is 6. The number of aromatic nitrogens is 3. The number of hydrogen-bond donors (Lipinski definition) is 1. The number of methoxy groups -OCH3 is 1. The molecule has 2 aromatic heterocycles. The molecule has 0 aliphatic rings. The van der Waals surface area contributed by atoms with Crippen LogP contribution in [0.3, 0.4) is 0 Å². The maximum Gasteiger partial charge on any atom is 0.235 e. The van der Waals surface area contributed by atoms with Crippen LogP contribution >= 0.6 is 0 Å². The smallest absolute Gasteiger partial charge is 0.235 e. The van der Waals surface area contributed by atoms with Crippen LogP contribution in [-0.2, 0) is 6.42 Å². The van der Waals surface area contributed by atoms with Gasteiger partial charge in [-0.25, -0.2) is 9.50 Å². The van der Waals surface area contributed by atoms with Gasteiger partial charge in [0.2, 0.25) is 5.88 Å². The van der Waals surface area contributed by atoms with E-state index in [0.29, 0.717) is 23.0 Å². The van der Waals surface area contributed by atoms with Crippen LogP contribution in [0.15, 0.2) is 73.3 Å². The van der Waals surface area contributed by atoms with Crippen molar-refractivity contribution in [1.29, 1.82) is 0 Å². The van der Waals surface area contributed by atoms with E-state index in [1.165, 1.54) is 0 Å². The lowest BCUT2D eigenvalue weighted by Crippen LogP contribution is -2.25. The SMILES string of the molecule is C=CCc1ccc(OC[C@@H](O)COc2cc3nc(-c4ccccc4)cc(C)n3n2)c(OC)c1. The molecule has 170 valence electrons. The third-order valence-electron chi connectivity index (χ3n) is 5.12. The van der Waals surface area contributed by atoms with Gasteiger partial charge in [-0.1, -0.05) is 42.5 Å². The number of rotatable bonds is 10. The molecule has 0 aliphatic carbocycles. The molecule has 0 fully saturated rings.